The maximum absolute atomic E-state index is 10.6. The largest absolute Gasteiger partial charge is 0.507 e. The molecule has 0 bridgehead atoms. The molecular weight excluding hydrogens is 301 g/mol. The molecule has 3 heteroatoms. The van der Waals surface area contributed by atoms with Crippen LogP contribution >= 0.6 is 8.58 Å². The first-order valence-electron chi connectivity index (χ1n) is 8.23. The molecule has 23 heavy (non-hydrogen) atoms. The summed E-state index contributed by atoms with van der Waals surface area (Å²) >= 11 is 0. The molecule has 124 valence electrons. The predicted molar refractivity (Wildman–Crippen MR) is 102 cm³/mol. The topological polar surface area (TPSA) is 32.3 Å². The van der Waals surface area contributed by atoms with E-state index in [0.717, 1.165) is 24.1 Å². The molecule has 0 aliphatic heterocycles. The number of nitrogens with one attached hydrogen (secondary N) is 1. The first-order valence-corrected chi connectivity index (χ1v) is 9.23. The van der Waals surface area contributed by atoms with Crippen LogP contribution in [-0.4, -0.2) is 12.2 Å². The van der Waals surface area contributed by atoms with E-state index in [1.54, 1.807) is 0 Å². The Kier molecular flexibility index (Phi) is 5.84. The van der Waals surface area contributed by atoms with Gasteiger partial charge in [0.1, 0.15) is 5.75 Å². The monoisotopic (exact) mass is 329 g/mol. The molecule has 2 rings (SSSR count). The molecule has 0 spiro atoms. The molecule has 0 saturated carbocycles. The first-order chi connectivity index (χ1) is 10.9. The van der Waals surface area contributed by atoms with Gasteiger partial charge in [-0.25, -0.2) is 0 Å². The van der Waals surface area contributed by atoms with Gasteiger partial charge in [0.25, 0.3) is 0 Å². The lowest BCUT2D eigenvalue weighted by molar-refractivity contribution is 0.452. The summed E-state index contributed by atoms with van der Waals surface area (Å²) < 4.78 is 0. The van der Waals surface area contributed by atoms with Gasteiger partial charge in [-0.05, 0) is 49.3 Å². The average Bonchev–Trinajstić information content (AvgIpc) is 2.53. The number of phenolic OH excluding ortho intramolecular Hbond substituents is 1. The van der Waals surface area contributed by atoms with Crippen molar-refractivity contribution in [2.24, 2.45) is 0 Å². The number of aromatic hydroxyl groups is 1. The third kappa shape index (κ3) is 3.76. The van der Waals surface area contributed by atoms with Gasteiger partial charge >= 0.3 is 0 Å². The van der Waals surface area contributed by atoms with E-state index in [0.29, 0.717) is 14.3 Å². The van der Waals surface area contributed by atoms with Crippen LogP contribution in [0.15, 0.2) is 36.4 Å². The van der Waals surface area contributed by atoms with Crippen LogP contribution in [0.25, 0.3) is 0 Å². The van der Waals surface area contributed by atoms with E-state index >= 15 is 0 Å². The minimum atomic E-state index is -0.0509. The van der Waals surface area contributed by atoms with Crippen LogP contribution in [0.3, 0.4) is 0 Å². The van der Waals surface area contributed by atoms with Gasteiger partial charge in [-0.2, -0.15) is 0 Å². The highest BCUT2D eigenvalue weighted by Crippen LogP contribution is 2.48. The SMILES string of the molecule is CCC(C)(Pc1c(C)cccc1CNC)c1cccc(C)c1O. The molecule has 0 saturated heterocycles. The summed E-state index contributed by atoms with van der Waals surface area (Å²) in [5, 5.41) is 15.2. The number of para-hydroxylation sites is 1. The third-order valence-electron chi connectivity index (χ3n) is 4.67. The first kappa shape index (κ1) is 18.0. The van der Waals surface area contributed by atoms with E-state index in [2.05, 4.69) is 56.4 Å². The number of benzene rings is 2. The lowest BCUT2D eigenvalue weighted by atomic mass is 9.94. The van der Waals surface area contributed by atoms with Crippen LogP contribution in [-0.2, 0) is 11.7 Å². The summed E-state index contributed by atoms with van der Waals surface area (Å²) in [5.41, 5.74) is 4.71. The van der Waals surface area contributed by atoms with Gasteiger partial charge in [0.15, 0.2) is 0 Å². The smallest absolute Gasteiger partial charge is 0.122 e. The second-order valence-electron chi connectivity index (χ2n) is 6.42. The van der Waals surface area contributed by atoms with Crippen LogP contribution < -0.4 is 10.6 Å². The van der Waals surface area contributed by atoms with E-state index in [1.807, 2.05) is 20.0 Å². The van der Waals surface area contributed by atoms with Crippen LogP contribution in [0.1, 0.15) is 42.5 Å². The number of rotatable bonds is 6. The quantitative estimate of drug-likeness (QED) is 0.772. The van der Waals surface area contributed by atoms with Crippen molar-refractivity contribution in [3.05, 3.63) is 58.7 Å². The fourth-order valence-electron chi connectivity index (χ4n) is 2.97. The zero-order valence-electron chi connectivity index (χ0n) is 14.8. The van der Waals surface area contributed by atoms with Crippen molar-refractivity contribution in [2.45, 2.75) is 45.8 Å². The summed E-state index contributed by atoms with van der Waals surface area (Å²) in [6.07, 6.45) is 0.996. The molecule has 2 N–H and O–H groups in total. The molecule has 0 aliphatic carbocycles. The minimum absolute atomic E-state index is 0.0509. The minimum Gasteiger partial charge on any atom is -0.507 e. The van der Waals surface area contributed by atoms with E-state index in [9.17, 15) is 5.11 Å². The van der Waals surface area contributed by atoms with Crippen molar-refractivity contribution in [1.29, 1.82) is 0 Å². The Morgan fingerprint density at radius 3 is 2.39 bits per heavy atom. The van der Waals surface area contributed by atoms with Gasteiger partial charge in [0.2, 0.25) is 0 Å². The Hall–Kier alpha value is -1.37. The molecule has 2 nitrogen and oxygen atoms in total. The van der Waals surface area contributed by atoms with Crippen LogP contribution in [0.5, 0.6) is 5.75 Å². The fourth-order valence-corrected chi connectivity index (χ4v) is 4.65. The van der Waals surface area contributed by atoms with Gasteiger partial charge in [-0.1, -0.05) is 58.8 Å². The van der Waals surface area contributed by atoms with Crippen LogP contribution in [0.4, 0.5) is 0 Å². The second-order valence-corrected chi connectivity index (χ2v) is 8.27. The van der Waals surface area contributed by atoms with Crippen molar-refractivity contribution >= 4 is 13.9 Å². The highest BCUT2D eigenvalue weighted by atomic mass is 31.1. The van der Waals surface area contributed by atoms with Crippen molar-refractivity contribution in [3.8, 4) is 5.75 Å². The summed E-state index contributed by atoms with van der Waals surface area (Å²) in [5.74, 6) is 0.452. The lowest BCUT2D eigenvalue weighted by Gasteiger charge is -2.32. The zero-order valence-corrected chi connectivity index (χ0v) is 15.8. The van der Waals surface area contributed by atoms with Crippen LogP contribution in [0.2, 0.25) is 0 Å². The molecule has 0 aromatic heterocycles. The fraction of sp³-hybridized carbons (Fsp3) is 0.400. The van der Waals surface area contributed by atoms with E-state index in [1.165, 1.54) is 16.4 Å². The third-order valence-corrected chi connectivity index (χ3v) is 6.81. The number of aryl methyl sites for hydroxylation is 2. The molecule has 0 fully saturated rings. The van der Waals surface area contributed by atoms with Crippen LogP contribution in [0, 0.1) is 13.8 Å². The summed E-state index contributed by atoms with van der Waals surface area (Å²) in [6.45, 7) is 9.52. The molecule has 2 atom stereocenters. The normalized spacial score (nSPS) is 14.3. The molecule has 2 aromatic carbocycles. The molecule has 0 heterocycles. The lowest BCUT2D eigenvalue weighted by Crippen LogP contribution is -2.23. The second kappa shape index (κ2) is 7.47. The molecule has 2 unspecified atom stereocenters. The van der Waals surface area contributed by atoms with Gasteiger partial charge in [0.05, 0.1) is 0 Å². The number of hydrogen-bond acceptors (Lipinski definition) is 2. The van der Waals surface area contributed by atoms with Gasteiger partial charge in [0, 0.05) is 17.3 Å². The zero-order chi connectivity index (χ0) is 17.0. The van der Waals surface area contributed by atoms with Gasteiger partial charge in [-0.3, -0.25) is 0 Å². The standard InChI is InChI=1S/C20H28NOP/c1-6-20(4,17-12-8-9-14(2)18(17)22)23-19-15(3)10-7-11-16(19)13-21-5/h7-12,21-23H,6,13H2,1-5H3. The maximum atomic E-state index is 10.6. The summed E-state index contributed by atoms with van der Waals surface area (Å²) in [7, 11) is 2.61. The Balaban J connectivity index is 2.49. The predicted octanol–water partition coefficient (Wildman–Crippen LogP) is 4.36. The average molecular weight is 329 g/mol. The van der Waals surface area contributed by atoms with E-state index in [-0.39, 0.29) is 5.16 Å². The maximum Gasteiger partial charge on any atom is 0.122 e. The van der Waals surface area contributed by atoms with Crippen molar-refractivity contribution < 1.29 is 5.11 Å². The molecule has 0 aliphatic rings. The van der Waals surface area contributed by atoms with Crippen molar-refractivity contribution in [1.82, 2.24) is 5.32 Å². The molecule has 2 aromatic rings. The number of phenols is 1. The van der Waals surface area contributed by atoms with E-state index < -0.39 is 0 Å². The Morgan fingerprint density at radius 2 is 1.74 bits per heavy atom. The number of hydrogen-bond donors (Lipinski definition) is 2. The molecule has 0 amide bonds. The highest BCUT2D eigenvalue weighted by molar-refractivity contribution is 7.48. The Morgan fingerprint density at radius 1 is 1.09 bits per heavy atom. The summed E-state index contributed by atoms with van der Waals surface area (Å²) in [4.78, 5) is 0. The van der Waals surface area contributed by atoms with E-state index in [4.69, 9.17) is 0 Å². The Bertz CT molecular complexity index is 683. The van der Waals surface area contributed by atoms with Gasteiger partial charge in [-0.15, -0.1) is 0 Å². The summed E-state index contributed by atoms with van der Waals surface area (Å²) in [6, 6.07) is 12.6. The van der Waals surface area contributed by atoms with Crippen molar-refractivity contribution in [2.75, 3.05) is 7.05 Å². The Labute approximate surface area is 142 Å². The van der Waals surface area contributed by atoms with Gasteiger partial charge < -0.3 is 10.4 Å². The highest BCUT2D eigenvalue weighted by Gasteiger charge is 2.29. The molecular formula is C20H28NOP. The van der Waals surface area contributed by atoms with Crippen molar-refractivity contribution in [3.63, 3.8) is 0 Å². The molecule has 0 radical (unpaired) electrons.